The van der Waals surface area contributed by atoms with Gasteiger partial charge in [0, 0.05) is 11.6 Å². The van der Waals surface area contributed by atoms with Gasteiger partial charge in [0.2, 0.25) is 0 Å². The van der Waals surface area contributed by atoms with E-state index in [1.54, 1.807) is 6.20 Å². The number of hydrazone groups is 1. The highest BCUT2D eigenvalue weighted by molar-refractivity contribution is 6.39. The summed E-state index contributed by atoms with van der Waals surface area (Å²) in [6, 6.07) is 0. The third kappa shape index (κ3) is 1.56. The molecule has 1 aliphatic rings. The number of rotatable bonds is 1. The maximum atomic E-state index is 11.3. The van der Waals surface area contributed by atoms with Crippen molar-refractivity contribution in [3.8, 4) is 0 Å². The van der Waals surface area contributed by atoms with Crippen LogP contribution in [0.1, 0.15) is 20.8 Å². The Labute approximate surface area is 77.7 Å². The molecule has 0 radical (unpaired) electrons. The largest absolute Gasteiger partial charge is 0.464 e. The minimum absolute atomic E-state index is 0.349. The number of nitrogens with zero attached hydrogens (tertiary/aromatic N) is 1. The van der Waals surface area contributed by atoms with Crippen molar-refractivity contribution in [1.29, 1.82) is 0 Å². The van der Waals surface area contributed by atoms with Crippen molar-refractivity contribution < 1.29 is 9.53 Å². The molecular formula is C9H14N2O2. The van der Waals surface area contributed by atoms with Crippen molar-refractivity contribution in [2.24, 2.45) is 10.5 Å². The zero-order valence-corrected chi connectivity index (χ0v) is 8.34. The monoisotopic (exact) mass is 182 g/mol. The molecule has 1 rings (SSSR count). The van der Waals surface area contributed by atoms with Crippen LogP contribution < -0.4 is 5.43 Å². The second-order valence-corrected chi connectivity index (χ2v) is 3.53. The fraction of sp³-hybridized carbons (Fsp3) is 0.556. The number of nitrogens with one attached hydrogen (secondary N) is 1. The molecule has 0 atom stereocenters. The Morgan fingerprint density at radius 2 is 2.23 bits per heavy atom. The molecular weight excluding hydrogens is 168 g/mol. The highest BCUT2D eigenvalue weighted by Crippen LogP contribution is 2.29. The van der Waals surface area contributed by atoms with Crippen LogP contribution in [-0.4, -0.2) is 18.8 Å². The average molecular weight is 182 g/mol. The SMILES string of the molecule is COC(=O)C1=NNC=C(C)C1(C)C. The molecule has 0 aliphatic carbocycles. The first-order valence-electron chi connectivity index (χ1n) is 4.09. The van der Waals surface area contributed by atoms with Gasteiger partial charge in [-0.15, -0.1) is 0 Å². The first-order valence-corrected chi connectivity index (χ1v) is 4.09. The van der Waals surface area contributed by atoms with E-state index in [0.29, 0.717) is 5.71 Å². The number of hydrogen-bond donors (Lipinski definition) is 1. The van der Waals surface area contributed by atoms with E-state index < -0.39 is 0 Å². The summed E-state index contributed by atoms with van der Waals surface area (Å²) in [5.41, 5.74) is 3.80. The molecule has 1 aliphatic heterocycles. The van der Waals surface area contributed by atoms with Crippen LogP contribution in [0.25, 0.3) is 0 Å². The predicted molar refractivity (Wildman–Crippen MR) is 50.1 cm³/mol. The van der Waals surface area contributed by atoms with E-state index in [0.717, 1.165) is 5.57 Å². The second-order valence-electron chi connectivity index (χ2n) is 3.53. The van der Waals surface area contributed by atoms with Gasteiger partial charge in [0.1, 0.15) is 0 Å². The van der Waals surface area contributed by atoms with Gasteiger partial charge < -0.3 is 4.74 Å². The maximum absolute atomic E-state index is 11.3. The molecule has 0 fully saturated rings. The minimum Gasteiger partial charge on any atom is -0.464 e. The molecule has 0 saturated carbocycles. The Bertz CT molecular complexity index is 290. The molecule has 4 heteroatoms. The maximum Gasteiger partial charge on any atom is 0.355 e. The third-order valence-electron chi connectivity index (χ3n) is 2.41. The normalized spacial score (nSPS) is 19.7. The molecule has 0 aromatic carbocycles. The molecule has 13 heavy (non-hydrogen) atoms. The third-order valence-corrected chi connectivity index (χ3v) is 2.41. The first kappa shape index (κ1) is 9.77. The van der Waals surface area contributed by atoms with Crippen molar-refractivity contribution in [1.82, 2.24) is 5.43 Å². The van der Waals surface area contributed by atoms with E-state index in [4.69, 9.17) is 0 Å². The molecule has 1 heterocycles. The molecule has 0 bridgehead atoms. The van der Waals surface area contributed by atoms with Crippen molar-refractivity contribution in [2.75, 3.05) is 7.11 Å². The summed E-state index contributed by atoms with van der Waals surface area (Å²) in [4.78, 5) is 11.3. The van der Waals surface area contributed by atoms with E-state index in [-0.39, 0.29) is 11.4 Å². The Morgan fingerprint density at radius 3 is 2.77 bits per heavy atom. The van der Waals surface area contributed by atoms with Gasteiger partial charge in [0.05, 0.1) is 7.11 Å². The van der Waals surface area contributed by atoms with Crippen LogP contribution >= 0.6 is 0 Å². The van der Waals surface area contributed by atoms with E-state index in [1.165, 1.54) is 7.11 Å². The molecule has 0 unspecified atom stereocenters. The van der Waals surface area contributed by atoms with Crippen LogP contribution in [0, 0.1) is 5.41 Å². The summed E-state index contributed by atoms with van der Waals surface area (Å²) in [6.07, 6.45) is 1.78. The van der Waals surface area contributed by atoms with E-state index in [9.17, 15) is 4.79 Å². The average Bonchev–Trinajstić information content (AvgIpc) is 2.08. The second kappa shape index (κ2) is 3.20. The zero-order valence-electron chi connectivity index (χ0n) is 8.34. The Balaban J connectivity index is 3.00. The number of ether oxygens (including phenoxy) is 1. The Hall–Kier alpha value is -1.32. The smallest absolute Gasteiger partial charge is 0.355 e. The van der Waals surface area contributed by atoms with Crippen LogP contribution in [0.2, 0.25) is 0 Å². The lowest BCUT2D eigenvalue weighted by Gasteiger charge is -2.28. The first-order chi connectivity index (χ1) is 6.00. The van der Waals surface area contributed by atoms with E-state index >= 15 is 0 Å². The molecule has 0 saturated heterocycles. The summed E-state index contributed by atoms with van der Waals surface area (Å²) in [7, 11) is 1.36. The summed E-state index contributed by atoms with van der Waals surface area (Å²) in [5, 5.41) is 3.92. The van der Waals surface area contributed by atoms with Gasteiger partial charge in [-0.25, -0.2) is 4.79 Å². The molecule has 1 N–H and O–H groups in total. The molecule has 0 aromatic rings. The lowest BCUT2D eigenvalue weighted by molar-refractivity contribution is -0.133. The number of esters is 1. The van der Waals surface area contributed by atoms with Crippen LogP contribution in [0.4, 0.5) is 0 Å². The highest BCUT2D eigenvalue weighted by atomic mass is 16.5. The van der Waals surface area contributed by atoms with E-state index in [1.807, 2.05) is 20.8 Å². The fourth-order valence-electron chi connectivity index (χ4n) is 1.10. The summed E-state index contributed by atoms with van der Waals surface area (Å²) >= 11 is 0. The highest BCUT2D eigenvalue weighted by Gasteiger charge is 2.35. The molecule has 4 nitrogen and oxygen atoms in total. The minimum atomic E-state index is -0.384. The topological polar surface area (TPSA) is 50.7 Å². The molecule has 0 spiro atoms. The molecule has 0 aromatic heterocycles. The van der Waals surface area contributed by atoms with Gasteiger partial charge in [0.25, 0.3) is 0 Å². The predicted octanol–water partition coefficient (Wildman–Crippen LogP) is 1.05. The molecule has 0 amide bonds. The van der Waals surface area contributed by atoms with Gasteiger partial charge in [0.15, 0.2) is 5.71 Å². The number of allylic oxidation sites excluding steroid dienone is 1. The number of carbonyl (C=O) groups is 1. The number of hydrogen-bond acceptors (Lipinski definition) is 4. The molecule has 72 valence electrons. The van der Waals surface area contributed by atoms with Crippen LogP contribution in [0.3, 0.4) is 0 Å². The van der Waals surface area contributed by atoms with Crippen LogP contribution in [0.5, 0.6) is 0 Å². The lowest BCUT2D eigenvalue weighted by Crippen LogP contribution is -2.37. The van der Waals surface area contributed by atoms with E-state index in [2.05, 4.69) is 15.3 Å². The summed E-state index contributed by atoms with van der Waals surface area (Å²) in [6.45, 7) is 5.83. The summed E-state index contributed by atoms with van der Waals surface area (Å²) < 4.78 is 4.64. The van der Waals surface area contributed by atoms with Gasteiger partial charge in [-0.05, 0) is 12.5 Å². The Kier molecular flexibility index (Phi) is 2.40. The van der Waals surface area contributed by atoms with Gasteiger partial charge >= 0.3 is 5.97 Å². The van der Waals surface area contributed by atoms with Gasteiger partial charge in [-0.3, -0.25) is 5.43 Å². The summed E-state index contributed by atoms with van der Waals surface area (Å²) in [5.74, 6) is -0.384. The zero-order chi connectivity index (χ0) is 10.1. The van der Waals surface area contributed by atoms with Crippen molar-refractivity contribution >= 4 is 11.7 Å². The van der Waals surface area contributed by atoms with Gasteiger partial charge in [-0.1, -0.05) is 13.8 Å². The number of carbonyl (C=O) groups excluding carboxylic acids is 1. The van der Waals surface area contributed by atoms with Crippen LogP contribution in [-0.2, 0) is 9.53 Å². The standard InChI is InChI=1S/C9H14N2O2/c1-6-5-10-11-7(8(12)13-4)9(6,2)3/h5,10H,1-4H3. The van der Waals surface area contributed by atoms with Crippen molar-refractivity contribution in [3.63, 3.8) is 0 Å². The quantitative estimate of drug-likeness (QED) is 0.617. The number of methoxy groups -OCH3 is 1. The van der Waals surface area contributed by atoms with Crippen molar-refractivity contribution in [3.05, 3.63) is 11.8 Å². The van der Waals surface area contributed by atoms with Gasteiger partial charge in [-0.2, -0.15) is 5.10 Å². The van der Waals surface area contributed by atoms with Crippen molar-refractivity contribution in [2.45, 2.75) is 20.8 Å². The van der Waals surface area contributed by atoms with Crippen LogP contribution in [0.15, 0.2) is 16.9 Å². The fourth-order valence-corrected chi connectivity index (χ4v) is 1.10. The Morgan fingerprint density at radius 1 is 1.62 bits per heavy atom. The lowest BCUT2D eigenvalue weighted by atomic mass is 9.80.